The van der Waals surface area contributed by atoms with Crippen LogP contribution in [0.25, 0.3) is 0 Å². The first-order valence-corrected chi connectivity index (χ1v) is 17.0. The number of aliphatic hydroxyl groups excluding tert-OH is 1. The lowest BCUT2D eigenvalue weighted by atomic mass is 9.74. The van der Waals surface area contributed by atoms with Crippen LogP contribution >= 0.6 is 0 Å². The van der Waals surface area contributed by atoms with Crippen molar-refractivity contribution in [3.05, 3.63) is 0 Å². The van der Waals surface area contributed by atoms with Crippen molar-refractivity contribution in [2.45, 2.75) is 107 Å². The van der Waals surface area contributed by atoms with Gasteiger partial charge in [0.15, 0.2) is 0 Å². The molecule has 0 radical (unpaired) electrons. The minimum atomic E-state index is -0.548. The van der Waals surface area contributed by atoms with E-state index < -0.39 is 6.10 Å². The van der Waals surface area contributed by atoms with E-state index in [4.69, 9.17) is 14.2 Å². The Bertz CT molecular complexity index is 860. The number of morpholine rings is 1. The van der Waals surface area contributed by atoms with Crippen LogP contribution < -0.4 is 21.3 Å². The predicted molar refractivity (Wildman–Crippen MR) is 160 cm³/mol. The van der Waals surface area contributed by atoms with E-state index in [9.17, 15) is 9.90 Å². The predicted octanol–water partition coefficient (Wildman–Crippen LogP) is 0.431. The average molecular weight is 593 g/mol. The fourth-order valence-corrected chi connectivity index (χ4v) is 8.03. The molecule has 0 spiro atoms. The van der Waals surface area contributed by atoms with Gasteiger partial charge in [-0.15, -0.1) is 0 Å². The standard InChI is InChI=1S/C31H56N6O5/c1-21-28(42-20-33-21)19-41-27-6-5-23-17-36(8-7-22(23)13-27)18-26(38)16-32-31(39)24-14-29(34-25-3-2-4-25)35-30(15-24)37-9-11-40-12-10-37/h21-30,33-35,38H,2-20H2,1H3,(H,32,39)/t21?,22?,23?,24?,26-,27?,28?,29?,30?/m0/s1. The van der Waals surface area contributed by atoms with Gasteiger partial charge in [0.25, 0.3) is 0 Å². The van der Waals surface area contributed by atoms with Crippen LogP contribution in [-0.4, -0.2) is 129 Å². The molecule has 0 bridgehead atoms. The highest BCUT2D eigenvalue weighted by molar-refractivity contribution is 5.78. The van der Waals surface area contributed by atoms with Crippen LogP contribution in [0.4, 0.5) is 0 Å². The second-order valence-electron chi connectivity index (χ2n) is 13.9. The highest BCUT2D eigenvalue weighted by Gasteiger charge is 2.38. The smallest absolute Gasteiger partial charge is 0.223 e. The third-order valence-electron chi connectivity index (χ3n) is 11.0. The van der Waals surface area contributed by atoms with Crippen LogP contribution in [0.2, 0.25) is 0 Å². The molecule has 6 fully saturated rings. The van der Waals surface area contributed by atoms with E-state index in [0.717, 1.165) is 71.5 Å². The number of ether oxygens (including phenoxy) is 3. The molecule has 6 rings (SSSR count). The summed E-state index contributed by atoms with van der Waals surface area (Å²) in [5.41, 5.74) is 0. The lowest BCUT2D eigenvalue weighted by molar-refractivity contribution is -0.128. The number of carbonyl (C=O) groups is 1. The van der Waals surface area contributed by atoms with E-state index in [-0.39, 0.29) is 30.3 Å². The number of β-amino-alcohol motifs (C(OH)–C–C–N with tert-alkyl or cyclic N) is 1. The highest BCUT2D eigenvalue weighted by atomic mass is 16.5. The largest absolute Gasteiger partial charge is 0.390 e. The summed E-state index contributed by atoms with van der Waals surface area (Å²) in [5.74, 6) is 1.41. The van der Waals surface area contributed by atoms with Gasteiger partial charge in [0, 0.05) is 50.7 Å². The van der Waals surface area contributed by atoms with Gasteiger partial charge in [-0.3, -0.25) is 25.6 Å². The molecule has 4 aliphatic heterocycles. The van der Waals surface area contributed by atoms with E-state index >= 15 is 0 Å². The number of nitrogens with zero attached hydrogens (tertiary/aromatic N) is 2. The third-order valence-corrected chi connectivity index (χ3v) is 11.0. The number of hydrogen-bond acceptors (Lipinski definition) is 10. The molecule has 0 aromatic heterocycles. The number of fused-ring (bicyclic) bond motifs is 1. The lowest BCUT2D eigenvalue weighted by Gasteiger charge is -2.45. The second-order valence-corrected chi connectivity index (χ2v) is 13.9. The van der Waals surface area contributed by atoms with Crippen LogP contribution in [0, 0.1) is 17.8 Å². The number of likely N-dealkylation sites (tertiary alicyclic amines) is 1. The molecule has 11 heteroatoms. The molecule has 6 aliphatic rings. The van der Waals surface area contributed by atoms with Crippen molar-refractivity contribution in [2.24, 2.45) is 17.8 Å². The van der Waals surface area contributed by atoms with Crippen molar-refractivity contribution in [3.63, 3.8) is 0 Å². The number of nitrogens with one attached hydrogen (secondary N) is 4. The number of carbonyl (C=O) groups excluding carboxylic acids is 1. The molecule has 4 saturated heterocycles. The van der Waals surface area contributed by atoms with E-state index in [1.807, 2.05) is 0 Å². The maximum absolute atomic E-state index is 13.4. The molecule has 0 aromatic rings. The number of aliphatic hydroxyl groups is 1. The first-order valence-electron chi connectivity index (χ1n) is 17.0. The maximum Gasteiger partial charge on any atom is 0.223 e. The Balaban J connectivity index is 0.914. The third kappa shape index (κ3) is 8.22. The maximum atomic E-state index is 13.4. The van der Waals surface area contributed by atoms with Gasteiger partial charge in [0.2, 0.25) is 5.91 Å². The van der Waals surface area contributed by atoms with E-state index in [2.05, 4.69) is 38.0 Å². The van der Waals surface area contributed by atoms with Crippen molar-refractivity contribution in [1.82, 2.24) is 31.1 Å². The van der Waals surface area contributed by atoms with Gasteiger partial charge in [-0.1, -0.05) is 6.42 Å². The topological polar surface area (TPSA) is 120 Å². The molecule has 8 unspecified atom stereocenters. The molecular formula is C31H56N6O5. The van der Waals surface area contributed by atoms with Crippen molar-refractivity contribution in [3.8, 4) is 0 Å². The van der Waals surface area contributed by atoms with Gasteiger partial charge < -0.3 is 29.5 Å². The number of hydrogen-bond donors (Lipinski definition) is 5. The Morgan fingerprint density at radius 3 is 2.69 bits per heavy atom. The summed E-state index contributed by atoms with van der Waals surface area (Å²) in [7, 11) is 0. The van der Waals surface area contributed by atoms with E-state index in [1.165, 1.54) is 25.7 Å². The Kier molecular flexibility index (Phi) is 11.1. The number of amides is 1. The second kappa shape index (κ2) is 14.9. The normalized spacial score (nSPS) is 39.4. The Hall–Kier alpha value is -0.890. The van der Waals surface area contributed by atoms with Crippen LogP contribution in [0.3, 0.4) is 0 Å². The zero-order valence-electron chi connectivity index (χ0n) is 25.7. The molecule has 1 amide bonds. The van der Waals surface area contributed by atoms with Crippen molar-refractivity contribution in [1.29, 1.82) is 0 Å². The minimum Gasteiger partial charge on any atom is -0.390 e. The molecular weight excluding hydrogens is 536 g/mol. The monoisotopic (exact) mass is 592 g/mol. The van der Waals surface area contributed by atoms with Gasteiger partial charge in [-0.25, -0.2) is 0 Å². The Labute approximate surface area is 252 Å². The molecule has 2 aliphatic carbocycles. The van der Waals surface area contributed by atoms with Gasteiger partial charge in [-0.2, -0.15) is 0 Å². The summed E-state index contributed by atoms with van der Waals surface area (Å²) in [4.78, 5) is 18.2. The Morgan fingerprint density at radius 1 is 1.07 bits per heavy atom. The van der Waals surface area contributed by atoms with Crippen LogP contribution in [0.5, 0.6) is 0 Å². The van der Waals surface area contributed by atoms with Gasteiger partial charge >= 0.3 is 0 Å². The summed E-state index contributed by atoms with van der Waals surface area (Å²) in [5, 5.41) is 24.9. The molecule has 11 nitrogen and oxygen atoms in total. The minimum absolute atomic E-state index is 0.0586. The molecule has 5 N–H and O–H groups in total. The SMILES string of the molecule is CC1NCOC1COC1CCC2CN(C[C@@H](O)CNC(=O)C3CC(NC4CCC4)NC(N4CCOCC4)C3)CCC2C1. The quantitative estimate of drug-likeness (QED) is 0.231. The highest BCUT2D eigenvalue weighted by Crippen LogP contribution is 2.37. The first-order chi connectivity index (χ1) is 20.5. The summed E-state index contributed by atoms with van der Waals surface area (Å²) in [6.45, 7) is 9.78. The molecule has 4 heterocycles. The van der Waals surface area contributed by atoms with Crippen molar-refractivity contribution >= 4 is 5.91 Å². The molecule has 9 atom stereocenters. The molecule has 42 heavy (non-hydrogen) atoms. The van der Waals surface area contributed by atoms with Gasteiger partial charge in [-0.05, 0) is 76.7 Å². The molecule has 240 valence electrons. The summed E-state index contributed by atoms with van der Waals surface area (Å²) >= 11 is 0. The first kappa shape index (κ1) is 31.1. The van der Waals surface area contributed by atoms with E-state index in [0.29, 0.717) is 56.5 Å². The molecule has 0 aromatic carbocycles. The van der Waals surface area contributed by atoms with Crippen LogP contribution in [-0.2, 0) is 19.0 Å². The fraction of sp³-hybridized carbons (Fsp3) is 0.968. The van der Waals surface area contributed by atoms with Crippen molar-refractivity contribution in [2.75, 3.05) is 65.8 Å². The number of rotatable bonds is 11. The van der Waals surface area contributed by atoms with Crippen LogP contribution in [0.1, 0.15) is 64.7 Å². The van der Waals surface area contributed by atoms with Crippen molar-refractivity contribution < 1.29 is 24.1 Å². The zero-order chi connectivity index (χ0) is 28.9. The molecule has 2 saturated carbocycles. The lowest BCUT2D eigenvalue weighted by Crippen LogP contribution is -2.63. The van der Waals surface area contributed by atoms with Crippen LogP contribution in [0.15, 0.2) is 0 Å². The van der Waals surface area contributed by atoms with Gasteiger partial charge in [0.05, 0.1) is 57.2 Å². The zero-order valence-corrected chi connectivity index (χ0v) is 25.7. The Morgan fingerprint density at radius 2 is 1.93 bits per heavy atom. The van der Waals surface area contributed by atoms with Gasteiger partial charge in [0.1, 0.15) is 0 Å². The van der Waals surface area contributed by atoms with E-state index in [1.54, 1.807) is 0 Å². The average Bonchev–Trinajstić information content (AvgIpc) is 3.41. The number of piperidine rings is 2. The summed E-state index contributed by atoms with van der Waals surface area (Å²) in [6.07, 6.45) is 10.2. The summed E-state index contributed by atoms with van der Waals surface area (Å²) in [6, 6.07) is 0.925. The summed E-state index contributed by atoms with van der Waals surface area (Å²) < 4.78 is 17.6. The fourth-order valence-electron chi connectivity index (χ4n) is 8.03.